The summed E-state index contributed by atoms with van der Waals surface area (Å²) in [5, 5.41) is 5.50. The Labute approximate surface area is 131 Å². The number of nitrogens with one attached hydrogen (secondary N) is 2. The molecular weight excluding hydrogens is 280 g/mol. The molecule has 22 heavy (non-hydrogen) atoms. The van der Waals surface area contributed by atoms with Crippen LogP contribution in [-0.2, 0) is 16.1 Å². The van der Waals surface area contributed by atoms with Crippen molar-refractivity contribution < 1.29 is 14.3 Å². The lowest BCUT2D eigenvalue weighted by Crippen LogP contribution is -2.47. The summed E-state index contributed by atoms with van der Waals surface area (Å²) in [5.41, 5.74) is 0.845. The molecule has 2 unspecified atom stereocenters. The lowest BCUT2D eigenvalue weighted by Gasteiger charge is -2.29. The van der Waals surface area contributed by atoms with Gasteiger partial charge in [0.2, 0.25) is 0 Å². The Kier molecular flexibility index (Phi) is 5.81. The third-order valence-corrected chi connectivity index (χ3v) is 4.27. The molecule has 120 valence electrons. The van der Waals surface area contributed by atoms with E-state index in [1.54, 1.807) is 7.11 Å². The van der Waals surface area contributed by atoms with Gasteiger partial charge in [-0.2, -0.15) is 0 Å². The van der Waals surface area contributed by atoms with Crippen LogP contribution in [0.2, 0.25) is 0 Å². The highest BCUT2D eigenvalue weighted by molar-refractivity contribution is 6.35. The zero-order chi connectivity index (χ0) is 15.9. The summed E-state index contributed by atoms with van der Waals surface area (Å²) < 4.78 is 5.22. The summed E-state index contributed by atoms with van der Waals surface area (Å²) in [4.78, 5) is 23.9. The fourth-order valence-electron chi connectivity index (χ4n) is 2.87. The topological polar surface area (TPSA) is 67.4 Å². The Hall–Kier alpha value is -2.04. The molecule has 1 aliphatic rings. The number of hydrogen-bond acceptors (Lipinski definition) is 3. The van der Waals surface area contributed by atoms with E-state index in [0.717, 1.165) is 24.8 Å². The first kappa shape index (κ1) is 16.3. The van der Waals surface area contributed by atoms with Crippen molar-refractivity contribution in [2.75, 3.05) is 7.11 Å². The Balaban J connectivity index is 1.85. The van der Waals surface area contributed by atoms with Crippen LogP contribution < -0.4 is 15.4 Å². The van der Waals surface area contributed by atoms with Crippen LogP contribution >= 0.6 is 0 Å². The molecule has 0 aliphatic heterocycles. The molecule has 1 aromatic carbocycles. The molecule has 1 saturated carbocycles. The van der Waals surface area contributed by atoms with Gasteiger partial charge in [0.15, 0.2) is 0 Å². The van der Waals surface area contributed by atoms with E-state index in [0.29, 0.717) is 11.7 Å². The van der Waals surface area contributed by atoms with E-state index in [2.05, 4.69) is 17.6 Å². The average Bonchev–Trinajstić information content (AvgIpc) is 2.54. The van der Waals surface area contributed by atoms with Gasteiger partial charge in [-0.15, -0.1) is 0 Å². The standard InChI is InChI=1S/C17H24N2O3/c1-12-7-3-5-9-14(12)19-17(21)16(20)18-11-13-8-4-6-10-15(13)22-2/h4,6,8,10,12,14H,3,5,7,9,11H2,1-2H3,(H,18,20)(H,19,21). The molecular formula is C17H24N2O3. The smallest absolute Gasteiger partial charge is 0.309 e. The molecule has 5 nitrogen and oxygen atoms in total. The lowest BCUT2D eigenvalue weighted by atomic mass is 9.86. The molecule has 0 radical (unpaired) electrons. The van der Waals surface area contributed by atoms with E-state index >= 15 is 0 Å². The van der Waals surface area contributed by atoms with E-state index in [4.69, 9.17) is 4.74 Å². The highest BCUT2D eigenvalue weighted by Crippen LogP contribution is 2.23. The summed E-state index contributed by atoms with van der Waals surface area (Å²) in [7, 11) is 1.58. The summed E-state index contributed by atoms with van der Waals surface area (Å²) in [6.45, 7) is 2.40. The summed E-state index contributed by atoms with van der Waals surface area (Å²) in [6, 6.07) is 7.53. The first-order valence-electron chi connectivity index (χ1n) is 7.82. The van der Waals surface area contributed by atoms with Gasteiger partial charge in [-0.3, -0.25) is 9.59 Å². The minimum absolute atomic E-state index is 0.110. The molecule has 5 heteroatoms. The van der Waals surface area contributed by atoms with Gasteiger partial charge in [0.05, 0.1) is 7.11 Å². The summed E-state index contributed by atoms with van der Waals surface area (Å²) in [6.07, 6.45) is 4.37. The van der Waals surface area contributed by atoms with Crippen LogP contribution in [0.1, 0.15) is 38.2 Å². The van der Waals surface area contributed by atoms with Crippen molar-refractivity contribution in [3.05, 3.63) is 29.8 Å². The molecule has 0 saturated heterocycles. The van der Waals surface area contributed by atoms with E-state index < -0.39 is 11.8 Å². The fourth-order valence-corrected chi connectivity index (χ4v) is 2.87. The van der Waals surface area contributed by atoms with Gasteiger partial charge in [-0.05, 0) is 24.8 Å². The van der Waals surface area contributed by atoms with Gasteiger partial charge in [-0.1, -0.05) is 38.0 Å². The molecule has 0 heterocycles. The maximum atomic E-state index is 12.0. The van der Waals surface area contributed by atoms with Crippen LogP contribution in [0.5, 0.6) is 5.75 Å². The highest BCUT2D eigenvalue weighted by atomic mass is 16.5. The van der Waals surface area contributed by atoms with Gasteiger partial charge < -0.3 is 15.4 Å². The quantitative estimate of drug-likeness (QED) is 0.836. The number of carbonyl (C=O) groups excluding carboxylic acids is 2. The van der Waals surface area contributed by atoms with E-state index in [9.17, 15) is 9.59 Å². The van der Waals surface area contributed by atoms with Gasteiger partial charge in [0.1, 0.15) is 5.75 Å². The second kappa shape index (κ2) is 7.82. The zero-order valence-corrected chi connectivity index (χ0v) is 13.2. The third-order valence-electron chi connectivity index (χ3n) is 4.27. The van der Waals surface area contributed by atoms with E-state index in [-0.39, 0.29) is 12.6 Å². The van der Waals surface area contributed by atoms with Gasteiger partial charge in [0.25, 0.3) is 0 Å². The Bertz CT molecular complexity index is 530. The Morgan fingerprint density at radius 1 is 1.18 bits per heavy atom. The van der Waals surface area contributed by atoms with Crippen LogP contribution in [0.15, 0.2) is 24.3 Å². The van der Waals surface area contributed by atoms with Crippen molar-refractivity contribution in [3.8, 4) is 5.75 Å². The van der Waals surface area contributed by atoms with E-state index in [1.165, 1.54) is 6.42 Å². The molecule has 0 spiro atoms. The average molecular weight is 304 g/mol. The number of ether oxygens (including phenoxy) is 1. The monoisotopic (exact) mass is 304 g/mol. The Morgan fingerprint density at radius 2 is 1.91 bits per heavy atom. The van der Waals surface area contributed by atoms with Crippen molar-refractivity contribution in [1.29, 1.82) is 0 Å². The molecule has 1 fully saturated rings. The predicted octanol–water partition coefficient (Wildman–Crippen LogP) is 2.01. The molecule has 1 aromatic rings. The van der Waals surface area contributed by atoms with Crippen LogP contribution in [0.25, 0.3) is 0 Å². The largest absolute Gasteiger partial charge is 0.496 e. The summed E-state index contributed by atoms with van der Waals surface area (Å²) in [5.74, 6) is -0.0128. The molecule has 0 aromatic heterocycles. The van der Waals surface area contributed by atoms with E-state index in [1.807, 2.05) is 24.3 Å². The highest BCUT2D eigenvalue weighted by Gasteiger charge is 2.25. The number of rotatable bonds is 4. The first-order chi connectivity index (χ1) is 10.6. The Morgan fingerprint density at radius 3 is 2.64 bits per heavy atom. The van der Waals surface area contributed by atoms with Crippen molar-refractivity contribution >= 4 is 11.8 Å². The van der Waals surface area contributed by atoms with Crippen molar-refractivity contribution in [2.24, 2.45) is 5.92 Å². The van der Waals surface area contributed by atoms with Crippen LogP contribution in [0.4, 0.5) is 0 Å². The van der Waals surface area contributed by atoms with Gasteiger partial charge in [-0.25, -0.2) is 0 Å². The van der Waals surface area contributed by atoms with Crippen molar-refractivity contribution in [3.63, 3.8) is 0 Å². The first-order valence-corrected chi connectivity index (χ1v) is 7.82. The normalized spacial score (nSPS) is 21.0. The predicted molar refractivity (Wildman–Crippen MR) is 84.4 cm³/mol. The van der Waals surface area contributed by atoms with Crippen LogP contribution in [-0.4, -0.2) is 25.0 Å². The lowest BCUT2D eigenvalue weighted by molar-refractivity contribution is -0.140. The van der Waals surface area contributed by atoms with Crippen LogP contribution in [0, 0.1) is 5.92 Å². The number of carbonyl (C=O) groups is 2. The van der Waals surface area contributed by atoms with Gasteiger partial charge in [0, 0.05) is 18.2 Å². The van der Waals surface area contributed by atoms with Crippen molar-refractivity contribution in [1.82, 2.24) is 10.6 Å². The van der Waals surface area contributed by atoms with Gasteiger partial charge >= 0.3 is 11.8 Å². The second-order valence-electron chi connectivity index (χ2n) is 5.84. The molecule has 0 bridgehead atoms. The fraction of sp³-hybridized carbons (Fsp3) is 0.529. The molecule has 2 atom stereocenters. The zero-order valence-electron chi connectivity index (χ0n) is 13.2. The van der Waals surface area contributed by atoms with Crippen molar-refractivity contribution in [2.45, 2.75) is 45.2 Å². The summed E-state index contributed by atoms with van der Waals surface area (Å²) >= 11 is 0. The molecule has 2 amide bonds. The number of benzene rings is 1. The number of hydrogen-bond donors (Lipinski definition) is 2. The second-order valence-corrected chi connectivity index (χ2v) is 5.84. The van der Waals surface area contributed by atoms with Crippen LogP contribution in [0.3, 0.4) is 0 Å². The number of amides is 2. The minimum Gasteiger partial charge on any atom is -0.496 e. The minimum atomic E-state index is -0.594. The maximum Gasteiger partial charge on any atom is 0.309 e. The SMILES string of the molecule is COc1ccccc1CNC(=O)C(=O)NC1CCCCC1C. The number of methoxy groups -OCH3 is 1. The maximum absolute atomic E-state index is 12.0. The molecule has 2 rings (SSSR count). The molecule has 2 N–H and O–H groups in total. The third kappa shape index (κ3) is 4.23. The molecule has 1 aliphatic carbocycles. The number of para-hydroxylation sites is 1.